The van der Waals surface area contributed by atoms with Gasteiger partial charge in [0, 0.05) is 12.5 Å². The van der Waals surface area contributed by atoms with Crippen molar-refractivity contribution in [1.29, 1.82) is 0 Å². The van der Waals surface area contributed by atoms with E-state index in [2.05, 4.69) is 12.4 Å². The van der Waals surface area contributed by atoms with Gasteiger partial charge in [-0.05, 0) is 25.5 Å². The van der Waals surface area contributed by atoms with Crippen LogP contribution < -0.4 is 5.48 Å². The molecule has 1 aromatic rings. The zero-order valence-electron chi connectivity index (χ0n) is 7.54. The normalized spacial score (nSPS) is 13.2. The Balaban J connectivity index is 2.17. The molecule has 12 heavy (non-hydrogen) atoms. The van der Waals surface area contributed by atoms with E-state index in [0.717, 1.165) is 18.6 Å². The molecule has 1 atom stereocenters. The van der Waals surface area contributed by atoms with Crippen LogP contribution in [0.5, 0.6) is 0 Å². The Morgan fingerprint density at radius 3 is 3.08 bits per heavy atom. The maximum atomic E-state index is 5.19. The Bertz CT molecular complexity index is 196. The first kappa shape index (κ1) is 9.29. The van der Waals surface area contributed by atoms with E-state index in [-0.39, 0.29) is 0 Å². The Labute approximate surface area is 72.7 Å². The summed E-state index contributed by atoms with van der Waals surface area (Å²) in [6.07, 6.45) is 3.66. The number of hydrogen-bond donors (Lipinski definition) is 1. The molecule has 68 valence electrons. The van der Waals surface area contributed by atoms with Crippen LogP contribution in [0.15, 0.2) is 22.8 Å². The summed E-state index contributed by atoms with van der Waals surface area (Å²) in [5.41, 5.74) is 2.87. The first-order valence-electron chi connectivity index (χ1n) is 4.14. The summed E-state index contributed by atoms with van der Waals surface area (Å²) >= 11 is 0. The molecule has 1 rings (SSSR count). The second-order valence-corrected chi connectivity index (χ2v) is 2.84. The van der Waals surface area contributed by atoms with Crippen LogP contribution in [0, 0.1) is 0 Å². The van der Waals surface area contributed by atoms with E-state index in [1.165, 1.54) is 0 Å². The van der Waals surface area contributed by atoms with Gasteiger partial charge in [-0.1, -0.05) is 0 Å². The van der Waals surface area contributed by atoms with Gasteiger partial charge in [-0.3, -0.25) is 0 Å². The average Bonchev–Trinajstić information content (AvgIpc) is 2.53. The first-order chi connectivity index (χ1) is 5.83. The maximum absolute atomic E-state index is 5.19. The van der Waals surface area contributed by atoms with Gasteiger partial charge in [0.15, 0.2) is 0 Å². The van der Waals surface area contributed by atoms with Crippen molar-refractivity contribution >= 4 is 0 Å². The van der Waals surface area contributed by atoms with Crippen LogP contribution in [0.4, 0.5) is 0 Å². The molecule has 1 heterocycles. The number of furan rings is 1. The van der Waals surface area contributed by atoms with Crippen molar-refractivity contribution in [3.8, 4) is 0 Å². The maximum Gasteiger partial charge on any atom is 0.103 e. The number of hydroxylamine groups is 1. The fourth-order valence-corrected chi connectivity index (χ4v) is 1.07. The molecule has 0 aromatic carbocycles. The second-order valence-electron chi connectivity index (χ2n) is 2.84. The highest BCUT2D eigenvalue weighted by atomic mass is 16.6. The Morgan fingerprint density at radius 2 is 2.50 bits per heavy atom. The topological polar surface area (TPSA) is 34.4 Å². The molecule has 0 amide bonds. The molecule has 3 heteroatoms. The lowest BCUT2D eigenvalue weighted by molar-refractivity contribution is 0.0633. The fourth-order valence-electron chi connectivity index (χ4n) is 1.07. The smallest absolute Gasteiger partial charge is 0.103 e. The zero-order chi connectivity index (χ0) is 8.81. The van der Waals surface area contributed by atoms with Gasteiger partial charge < -0.3 is 9.25 Å². The van der Waals surface area contributed by atoms with Crippen LogP contribution in [-0.2, 0) is 11.3 Å². The minimum absolute atomic E-state index is 0.361. The number of aryl methyl sites for hydroxylation is 1. The lowest BCUT2D eigenvalue weighted by Crippen LogP contribution is -2.24. The van der Waals surface area contributed by atoms with Crippen molar-refractivity contribution in [2.45, 2.75) is 25.8 Å². The van der Waals surface area contributed by atoms with Crippen LogP contribution in [0.25, 0.3) is 0 Å². The van der Waals surface area contributed by atoms with Crippen LogP contribution >= 0.6 is 0 Å². The third kappa shape index (κ3) is 3.07. The summed E-state index contributed by atoms with van der Waals surface area (Å²) in [6, 6.07) is 4.25. The highest BCUT2D eigenvalue weighted by Crippen LogP contribution is 2.05. The van der Waals surface area contributed by atoms with Crippen LogP contribution in [-0.4, -0.2) is 13.2 Å². The van der Waals surface area contributed by atoms with Crippen LogP contribution in [0.2, 0.25) is 0 Å². The molecule has 3 nitrogen and oxygen atoms in total. The van der Waals surface area contributed by atoms with Gasteiger partial charge in [-0.2, -0.15) is 0 Å². The molecular formula is C9H15NO2. The van der Waals surface area contributed by atoms with Crippen molar-refractivity contribution in [2.24, 2.45) is 0 Å². The molecule has 0 saturated heterocycles. The van der Waals surface area contributed by atoms with Crippen molar-refractivity contribution < 1.29 is 9.25 Å². The van der Waals surface area contributed by atoms with Crippen LogP contribution in [0.1, 0.15) is 19.1 Å². The SMILES string of the molecule is CONC(C)CCc1ccco1. The quantitative estimate of drug-likeness (QED) is 0.682. The summed E-state index contributed by atoms with van der Waals surface area (Å²) in [7, 11) is 1.63. The molecular weight excluding hydrogens is 154 g/mol. The van der Waals surface area contributed by atoms with Gasteiger partial charge >= 0.3 is 0 Å². The molecule has 1 unspecified atom stereocenters. The third-order valence-electron chi connectivity index (χ3n) is 1.72. The minimum Gasteiger partial charge on any atom is -0.469 e. The lowest BCUT2D eigenvalue weighted by Gasteiger charge is -2.09. The summed E-state index contributed by atoms with van der Waals surface area (Å²) in [6.45, 7) is 2.08. The van der Waals surface area contributed by atoms with Crippen molar-refractivity contribution in [3.63, 3.8) is 0 Å². The molecule has 0 fully saturated rings. The van der Waals surface area contributed by atoms with Gasteiger partial charge in [0.1, 0.15) is 5.76 Å². The predicted molar refractivity (Wildman–Crippen MR) is 46.6 cm³/mol. The van der Waals surface area contributed by atoms with Gasteiger partial charge in [0.2, 0.25) is 0 Å². The van der Waals surface area contributed by atoms with Gasteiger partial charge in [-0.15, -0.1) is 0 Å². The number of hydrogen-bond acceptors (Lipinski definition) is 3. The lowest BCUT2D eigenvalue weighted by atomic mass is 10.1. The van der Waals surface area contributed by atoms with Crippen LogP contribution in [0.3, 0.4) is 0 Å². The van der Waals surface area contributed by atoms with E-state index < -0.39 is 0 Å². The standard InChI is InChI=1S/C9H15NO2/c1-8(10-11-2)5-6-9-4-3-7-12-9/h3-4,7-8,10H,5-6H2,1-2H3. The fraction of sp³-hybridized carbons (Fsp3) is 0.556. The monoisotopic (exact) mass is 169 g/mol. The molecule has 0 bridgehead atoms. The molecule has 0 spiro atoms. The molecule has 0 aliphatic heterocycles. The number of nitrogens with one attached hydrogen (secondary N) is 1. The summed E-state index contributed by atoms with van der Waals surface area (Å²) in [5.74, 6) is 1.03. The second kappa shape index (κ2) is 4.95. The molecule has 1 N–H and O–H groups in total. The summed E-state index contributed by atoms with van der Waals surface area (Å²) < 4.78 is 5.19. The Kier molecular flexibility index (Phi) is 3.84. The Hall–Kier alpha value is -0.800. The largest absolute Gasteiger partial charge is 0.469 e. The van der Waals surface area contributed by atoms with Crippen molar-refractivity contribution in [2.75, 3.05) is 7.11 Å². The Morgan fingerprint density at radius 1 is 1.67 bits per heavy atom. The molecule has 0 aliphatic carbocycles. The number of rotatable bonds is 5. The predicted octanol–water partition coefficient (Wildman–Crippen LogP) is 1.75. The summed E-state index contributed by atoms with van der Waals surface area (Å²) in [4.78, 5) is 4.79. The average molecular weight is 169 g/mol. The first-order valence-corrected chi connectivity index (χ1v) is 4.14. The zero-order valence-corrected chi connectivity index (χ0v) is 7.54. The van der Waals surface area contributed by atoms with E-state index in [9.17, 15) is 0 Å². The van der Waals surface area contributed by atoms with E-state index >= 15 is 0 Å². The van der Waals surface area contributed by atoms with Gasteiger partial charge in [0.25, 0.3) is 0 Å². The van der Waals surface area contributed by atoms with E-state index in [4.69, 9.17) is 9.25 Å². The van der Waals surface area contributed by atoms with E-state index in [0.29, 0.717) is 6.04 Å². The highest BCUT2D eigenvalue weighted by molar-refractivity contribution is 4.98. The molecule has 1 aromatic heterocycles. The molecule has 0 aliphatic rings. The van der Waals surface area contributed by atoms with Crippen molar-refractivity contribution in [1.82, 2.24) is 5.48 Å². The van der Waals surface area contributed by atoms with Gasteiger partial charge in [-0.25, -0.2) is 5.48 Å². The minimum atomic E-state index is 0.361. The molecule has 0 radical (unpaired) electrons. The highest BCUT2D eigenvalue weighted by Gasteiger charge is 2.02. The van der Waals surface area contributed by atoms with Gasteiger partial charge in [0.05, 0.1) is 13.4 Å². The van der Waals surface area contributed by atoms with E-state index in [1.54, 1.807) is 13.4 Å². The summed E-state index contributed by atoms with van der Waals surface area (Å²) in [5, 5.41) is 0. The van der Waals surface area contributed by atoms with E-state index in [1.807, 2.05) is 12.1 Å². The molecule has 0 saturated carbocycles. The third-order valence-corrected chi connectivity index (χ3v) is 1.72. The van der Waals surface area contributed by atoms with Crippen molar-refractivity contribution in [3.05, 3.63) is 24.2 Å².